The molecule has 0 amide bonds. The van der Waals surface area contributed by atoms with E-state index in [1.54, 1.807) is 0 Å². The Balaban J connectivity index is 1.37. The summed E-state index contributed by atoms with van der Waals surface area (Å²) in [5, 5.41) is 0. The third-order valence-corrected chi connectivity index (χ3v) is 8.24. The van der Waals surface area contributed by atoms with E-state index in [1.807, 2.05) is 0 Å². The van der Waals surface area contributed by atoms with Crippen LogP contribution in [0.4, 0.5) is 0 Å². The van der Waals surface area contributed by atoms with Crippen molar-refractivity contribution in [2.24, 2.45) is 23.2 Å². The Morgan fingerprint density at radius 3 is 2.76 bits per heavy atom. The van der Waals surface area contributed by atoms with E-state index in [0.29, 0.717) is 5.92 Å². The minimum absolute atomic E-state index is 0.0106. The molecule has 0 aromatic heterocycles. The second kappa shape index (κ2) is 5.43. The first-order valence-electron chi connectivity index (χ1n) is 10.2. The van der Waals surface area contributed by atoms with Gasteiger partial charge in [-0.3, -0.25) is 9.69 Å². The molecule has 3 aliphatic heterocycles. The molecular formula is C20H32N2O3. The van der Waals surface area contributed by atoms with Crippen molar-refractivity contribution in [3.8, 4) is 0 Å². The Kier molecular flexibility index (Phi) is 3.59. The largest absolute Gasteiger partial charge is 0.462 e. The molecule has 0 radical (unpaired) electrons. The van der Waals surface area contributed by atoms with Gasteiger partial charge in [-0.1, -0.05) is 20.3 Å². The Bertz CT molecular complexity index is 575. The van der Waals surface area contributed by atoms with Crippen molar-refractivity contribution < 1.29 is 14.3 Å². The molecular weight excluding hydrogens is 316 g/mol. The fraction of sp³-hybridized carbons (Fsp3) is 0.950. The van der Waals surface area contributed by atoms with Gasteiger partial charge in [-0.05, 0) is 32.2 Å². The van der Waals surface area contributed by atoms with Crippen molar-refractivity contribution in [3.05, 3.63) is 0 Å². The van der Waals surface area contributed by atoms with Gasteiger partial charge in [-0.25, -0.2) is 0 Å². The number of carbonyl (C=O) groups is 1. The lowest BCUT2D eigenvalue weighted by atomic mass is 9.53. The first kappa shape index (κ1) is 16.5. The second-order valence-electron chi connectivity index (χ2n) is 9.65. The highest BCUT2D eigenvalue weighted by molar-refractivity contribution is 5.76. The highest BCUT2D eigenvalue weighted by Gasteiger charge is 2.78. The summed E-state index contributed by atoms with van der Waals surface area (Å²) >= 11 is 0. The highest BCUT2D eigenvalue weighted by atomic mass is 16.6. The molecule has 5 rings (SSSR count). The van der Waals surface area contributed by atoms with Crippen LogP contribution in [0, 0.1) is 23.2 Å². The van der Waals surface area contributed by atoms with Crippen molar-refractivity contribution >= 4 is 5.97 Å². The molecule has 0 aromatic rings. The van der Waals surface area contributed by atoms with Crippen LogP contribution in [-0.4, -0.2) is 73.3 Å². The van der Waals surface area contributed by atoms with E-state index in [4.69, 9.17) is 9.47 Å². The molecule has 3 heterocycles. The van der Waals surface area contributed by atoms with Crippen molar-refractivity contribution in [1.29, 1.82) is 0 Å². The lowest BCUT2D eigenvalue weighted by Gasteiger charge is -2.49. The maximum Gasteiger partial charge on any atom is 0.311 e. The molecule has 0 N–H and O–H groups in total. The fourth-order valence-electron chi connectivity index (χ4n) is 6.75. The Morgan fingerprint density at radius 2 is 2.00 bits per heavy atom. The minimum Gasteiger partial charge on any atom is -0.462 e. The standard InChI is InChI=1S/C20H32N2O3/c1-13-5-4-6-19(2)11-15-16(17-20(13,19)25-17)14(18(23)24-15)12-22-9-7-21(3)8-10-22/h13-17H,4-12H2,1-3H3/t13-,14+,15-,16-,17+,19-,20+/m1/s1. The lowest BCUT2D eigenvalue weighted by Crippen LogP contribution is -2.55. The molecule has 2 saturated carbocycles. The summed E-state index contributed by atoms with van der Waals surface area (Å²) in [6.45, 7) is 9.91. The number of epoxide rings is 1. The molecule has 5 nitrogen and oxygen atoms in total. The second-order valence-corrected chi connectivity index (χ2v) is 9.65. The molecule has 5 aliphatic rings. The van der Waals surface area contributed by atoms with Crippen molar-refractivity contribution in [2.45, 2.75) is 57.3 Å². The third-order valence-electron chi connectivity index (χ3n) is 8.24. The van der Waals surface area contributed by atoms with Crippen LogP contribution in [0.1, 0.15) is 39.5 Å². The molecule has 3 saturated heterocycles. The van der Waals surface area contributed by atoms with Gasteiger partial charge in [0.15, 0.2) is 0 Å². The number of hydrogen-bond acceptors (Lipinski definition) is 5. The molecule has 0 bridgehead atoms. The number of rotatable bonds is 2. The maximum atomic E-state index is 12.7. The van der Waals surface area contributed by atoms with Gasteiger partial charge in [0.1, 0.15) is 11.7 Å². The van der Waals surface area contributed by atoms with Gasteiger partial charge in [-0.2, -0.15) is 0 Å². The van der Waals surface area contributed by atoms with Crippen LogP contribution in [0.3, 0.4) is 0 Å². The average molecular weight is 348 g/mol. The first-order valence-corrected chi connectivity index (χ1v) is 10.2. The van der Waals surface area contributed by atoms with Crippen molar-refractivity contribution in [3.63, 3.8) is 0 Å². The van der Waals surface area contributed by atoms with E-state index in [-0.39, 0.29) is 41.0 Å². The van der Waals surface area contributed by atoms with Crippen LogP contribution in [0.15, 0.2) is 0 Å². The van der Waals surface area contributed by atoms with Gasteiger partial charge in [0.2, 0.25) is 0 Å². The number of ether oxygens (including phenoxy) is 2. The van der Waals surface area contributed by atoms with Crippen LogP contribution >= 0.6 is 0 Å². The van der Waals surface area contributed by atoms with Gasteiger partial charge in [0.25, 0.3) is 0 Å². The summed E-state index contributed by atoms with van der Waals surface area (Å²) in [4.78, 5) is 17.5. The predicted octanol–water partition coefficient (Wildman–Crippen LogP) is 1.76. The quantitative estimate of drug-likeness (QED) is 0.562. The van der Waals surface area contributed by atoms with E-state index in [1.165, 1.54) is 19.3 Å². The summed E-state index contributed by atoms with van der Waals surface area (Å²) in [5.41, 5.74) is 0.222. The van der Waals surface area contributed by atoms with Gasteiger partial charge < -0.3 is 14.4 Å². The van der Waals surface area contributed by atoms with Crippen LogP contribution < -0.4 is 0 Å². The Hall–Kier alpha value is -0.650. The number of piperazine rings is 1. The van der Waals surface area contributed by atoms with Crippen LogP contribution in [-0.2, 0) is 14.3 Å². The predicted molar refractivity (Wildman–Crippen MR) is 94.1 cm³/mol. The minimum atomic E-state index is 0.0106. The van der Waals surface area contributed by atoms with E-state index in [9.17, 15) is 4.79 Å². The van der Waals surface area contributed by atoms with Gasteiger partial charge in [-0.15, -0.1) is 0 Å². The topological polar surface area (TPSA) is 45.3 Å². The molecule has 5 heteroatoms. The number of hydrogen-bond donors (Lipinski definition) is 0. The zero-order valence-electron chi connectivity index (χ0n) is 15.9. The summed E-state index contributed by atoms with van der Waals surface area (Å²) in [6.07, 6.45) is 5.10. The molecule has 2 aliphatic carbocycles. The van der Waals surface area contributed by atoms with Gasteiger partial charge in [0.05, 0.1) is 12.0 Å². The van der Waals surface area contributed by atoms with Gasteiger partial charge >= 0.3 is 5.97 Å². The van der Waals surface area contributed by atoms with Crippen LogP contribution in [0.5, 0.6) is 0 Å². The molecule has 140 valence electrons. The smallest absolute Gasteiger partial charge is 0.311 e. The number of likely N-dealkylation sites (N-methyl/N-ethyl adjacent to an activating group) is 1. The normalized spacial score (nSPS) is 52.9. The molecule has 0 aromatic carbocycles. The molecule has 25 heavy (non-hydrogen) atoms. The van der Waals surface area contributed by atoms with E-state index < -0.39 is 0 Å². The highest BCUT2D eigenvalue weighted by Crippen LogP contribution is 2.70. The summed E-state index contributed by atoms with van der Waals surface area (Å²) in [7, 11) is 2.17. The third kappa shape index (κ3) is 2.21. The van der Waals surface area contributed by atoms with E-state index in [2.05, 4.69) is 30.7 Å². The molecule has 1 spiro atoms. The van der Waals surface area contributed by atoms with E-state index >= 15 is 0 Å². The van der Waals surface area contributed by atoms with Crippen molar-refractivity contribution in [1.82, 2.24) is 9.80 Å². The molecule has 0 unspecified atom stereocenters. The van der Waals surface area contributed by atoms with Crippen LogP contribution in [0.2, 0.25) is 0 Å². The molecule has 7 atom stereocenters. The fourth-order valence-corrected chi connectivity index (χ4v) is 6.75. The summed E-state index contributed by atoms with van der Waals surface area (Å²) in [6, 6.07) is 0. The lowest BCUT2D eigenvalue weighted by molar-refractivity contribution is -0.146. The van der Waals surface area contributed by atoms with Crippen LogP contribution in [0.25, 0.3) is 0 Å². The van der Waals surface area contributed by atoms with E-state index in [0.717, 1.165) is 39.1 Å². The zero-order chi connectivity index (χ0) is 17.4. The molecule has 5 fully saturated rings. The SMILES string of the molecule is C[C@@H]1CCC[C@]2(C)C[C@H]3OC(=O)[C@@H](CN4CCN(C)CC4)[C@H]3[C@@H]3O[C@@]132. The number of fused-ring (bicyclic) bond motifs is 2. The summed E-state index contributed by atoms with van der Waals surface area (Å²) < 4.78 is 12.5. The first-order chi connectivity index (χ1) is 11.9. The average Bonchev–Trinajstić information content (AvgIpc) is 3.25. The van der Waals surface area contributed by atoms with Gasteiger partial charge in [0, 0.05) is 44.1 Å². The Labute approximate surface area is 151 Å². The number of esters is 1. The number of carbonyl (C=O) groups excluding carboxylic acids is 1. The maximum absolute atomic E-state index is 12.7. The number of nitrogens with zero attached hydrogens (tertiary/aromatic N) is 2. The Morgan fingerprint density at radius 1 is 1.24 bits per heavy atom. The summed E-state index contributed by atoms with van der Waals surface area (Å²) in [5.74, 6) is 0.934. The van der Waals surface area contributed by atoms with Crippen molar-refractivity contribution in [2.75, 3.05) is 39.8 Å². The monoisotopic (exact) mass is 348 g/mol. The zero-order valence-corrected chi connectivity index (χ0v) is 15.9.